The summed E-state index contributed by atoms with van der Waals surface area (Å²) in [6.07, 6.45) is -0.403. The minimum atomic E-state index is -4.21. The highest BCUT2D eigenvalue weighted by Gasteiger charge is 2.28. The van der Waals surface area contributed by atoms with Crippen LogP contribution in [0, 0.1) is 0 Å². The van der Waals surface area contributed by atoms with Crippen molar-refractivity contribution in [1.29, 1.82) is 0 Å². The number of carbonyl (C=O) groups is 1. The fraction of sp³-hybridized carbons (Fsp3) is 0.375. The smallest absolute Gasteiger partial charge is 0.338 e. The molecule has 0 aliphatic carbocycles. The number of nitrogens with one attached hydrogen (secondary N) is 2. The lowest BCUT2D eigenvalue weighted by molar-refractivity contribution is -0.143. The van der Waals surface area contributed by atoms with E-state index in [4.69, 9.17) is 0 Å². The largest absolute Gasteiger partial charge is 0.401 e. The monoisotopic (exact) mass is 355 g/mol. The standard InChI is InChI=1S/C16H20F3N5O/c1-23(12-16(17,18)19)10-4-8-20-15(25)22-13-6-2-3-7-14(13)24-11-5-9-21-24/h2-3,5-7,9,11H,4,8,10,12H2,1H3,(H2,20,22,25). The van der Waals surface area contributed by atoms with E-state index in [0.717, 1.165) is 0 Å². The molecule has 0 aliphatic heterocycles. The third-order valence-electron chi connectivity index (χ3n) is 3.35. The second-order valence-corrected chi connectivity index (χ2v) is 5.56. The van der Waals surface area contributed by atoms with Gasteiger partial charge in [0.2, 0.25) is 0 Å². The molecule has 2 aromatic rings. The molecule has 2 N–H and O–H groups in total. The Morgan fingerprint density at radius 3 is 2.72 bits per heavy atom. The number of hydrogen-bond acceptors (Lipinski definition) is 3. The molecule has 1 heterocycles. The molecule has 0 fully saturated rings. The Labute approximate surface area is 143 Å². The maximum Gasteiger partial charge on any atom is 0.401 e. The fourth-order valence-electron chi connectivity index (χ4n) is 2.29. The van der Waals surface area contributed by atoms with Gasteiger partial charge in [-0.1, -0.05) is 12.1 Å². The van der Waals surface area contributed by atoms with Gasteiger partial charge in [-0.3, -0.25) is 4.90 Å². The molecule has 9 heteroatoms. The number of nitrogens with zero attached hydrogens (tertiary/aromatic N) is 3. The molecule has 2 amide bonds. The molecule has 2 rings (SSSR count). The van der Waals surface area contributed by atoms with Crippen molar-refractivity contribution in [1.82, 2.24) is 20.0 Å². The zero-order valence-corrected chi connectivity index (χ0v) is 13.8. The second-order valence-electron chi connectivity index (χ2n) is 5.56. The molecule has 0 unspecified atom stereocenters. The summed E-state index contributed by atoms with van der Waals surface area (Å²) in [6, 6.07) is 8.53. The van der Waals surface area contributed by atoms with Gasteiger partial charge in [0.05, 0.1) is 17.9 Å². The van der Waals surface area contributed by atoms with Gasteiger partial charge in [0.1, 0.15) is 0 Å². The van der Waals surface area contributed by atoms with E-state index >= 15 is 0 Å². The van der Waals surface area contributed by atoms with E-state index in [1.54, 1.807) is 35.3 Å². The predicted molar refractivity (Wildman–Crippen MR) is 88.8 cm³/mol. The number of benzene rings is 1. The van der Waals surface area contributed by atoms with E-state index in [2.05, 4.69) is 15.7 Å². The first-order chi connectivity index (χ1) is 11.8. The van der Waals surface area contributed by atoms with Gasteiger partial charge in [-0.15, -0.1) is 0 Å². The Hall–Kier alpha value is -2.55. The third-order valence-corrected chi connectivity index (χ3v) is 3.35. The maximum absolute atomic E-state index is 12.2. The Kier molecular flexibility index (Phi) is 6.40. The zero-order chi connectivity index (χ0) is 18.3. The third kappa shape index (κ3) is 6.46. The summed E-state index contributed by atoms with van der Waals surface area (Å²) in [5.74, 6) is 0. The first kappa shape index (κ1) is 18.8. The molecule has 0 spiro atoms. The molecule has 1 aromatic carbocycles. The van der Waals surface area contributed by atoms with Crippen molar-refractivity contribution >= 4 is 11.7 Å². The van der Waals surface area contributed by atoms with Crippen LogP contribution in [0.25, 0.3) is 5.69 Å². The number of halogens is 3. The number of rotatable bonds is 7. The van der Waals surface area contributed by atoms with Gasteiger partial charge in [-0.25, -0.2) is 9.48 Å². The van der Waals surface area contributed by atoms with Crippen molar-refractivity contribution < 1.29 is 18.0 Å². The van der Waals surface area contributed by atoms with Crippen LogP contribution in [-0.2, 0) is 0 Å². The SMILES string of the molecule is CN(CCCNC(=O)Nc1ccccc1-n1cccn1)CC(F)(F)F. The van der Waals surface area contributed by atoms with E-state index in [1.807, 2.05) is 12.1 Å². The molecule has 1 aromatic heterocycles. The number of hydrogen-bond donors (Lipinski definition) is 2. The highest BCUT2D eigenvalue weighted by atomic mass is 19.4. The summed E-state index contributed by atoms with van der Waals surface area (Å²) in [7, 11) is 1.40. The summed E-state index contributed by atoms with van der Waals surface area (Å²) in [5.41, 5.74) is 1.30. The number of aromatic nitrogens is 2. The summed E-state index contributed by atoms with van der Waals surface area (Å²) in [5, 5.41) is 9.48. The van der Waals surface area contributed by atoms with E-state index < -0.39 is 18.8 Å². The van der Waals surface area contributed by atoms with E-state index in [0.29, 0.717) is 17.8 Å². The molecule has 0 bridgehead atoms. The first-order valence-corrected chi connectivity index (χ1v) is 7.74. The Morgan fingerprint density at radius 1 is 1.28 bits per heavy atom. The summed E-state index contributed by atoms with van der Waals surface area (Å²) < 4.78 is 38.3. The maximum atomic E-state index is 12.2. The zero-order valence-electron chi connectivity index (χ0n) is 13.8. The number of amides is 2. The Bertz CT molecular complexity index is 673. The van der Waals surface area contributed by atoms with E-state index in [-0.39, 0.29) is 13.1 Å². The molecular weight excluding hydrogens is 335 g/mol. The normalized spacial score (nSPS) is 11.6. The van der Waals surface area contributed by atoms with Crippen molar-refractivity contribution in [2.45, 2.75) is 12.6 Å². The molecule has 0 aliphatic rings. The summed E-state index contributed by atoms with van der Waals surface area (Å²) in [4.78, 5) is 13.1. The van der Waals surface area contributed by atoms with Gasteiger partial charge < -0.3 is 10.6 Å². The van der Waals surface area contributed by atoms with Gasteiger partial charge in [-0.05, 0) is 38.2 Å². The number of carbonyl (C=O) groups excluding carboxylic acids is 1. The number of urea groups is 1. The van der Waals surface area contributed by atoms with Crippen LogP contribution in [-0.4, -0.2) is 53.6 Å². The van der Waals surface area contributed by atoms with E-state index in [9.17, 15) is 18.0 Å². The van der Waals surface area contributed by atoms with Gasteiger partial charge in [-0.2, -0.15) is 18.3 Å². The second kappa shape index (κ2) is 8.52. The van der Waals surface area contributed by atoms with Crippen LogP contribution in [0.1, 0.15) is 6.42 Å². The van der Waals surface area contributed by atoms with Crippen LogP contribution >= 0.6 is 0 Å². The predicted octanol–water partition coefficient (Wildman–Crippen LogP) is 2.88. The number of alkyl halides is 3. The lowest BCUT2D eigenvalue weighted by Crippen LogP contribution is -2.35. The number of anilines is 1. The summed E-state index contributed by atoms with van der Waals surface area (Å²) >= 11 is 0. The van der Waals surface area contributed by atoms with Crippen molar-refractivity contribution in [2.24, 2.45) is 0 Å². The van der Waals surface area contributed by atoms with Crippen molar-refractivity contribution in [2.75, 3.05) is 32.0 Å². The van der Waals surface area contributed by atoms with Gasteiger partial charge >= 0.3 is 12.2 Å². The molecule has 0 saturated carbocycles. The Balaban J connectivity index is 1.78. The van der Waals surface area contributed by atoms with Crippen molar-refractivity contribution in [3.63, 3.8) is 0 Å². The minimum absolute atomic E-state index is 0.240. The van der Waals surface area contributed by atoms with Crippen molar-refractivity contribution in [3.8, 4) is 5.69 Å². The average molecular weight is 355 g/mol. The van der Waals surface area contributed by atoms with E-state index in [1.165, 1.54) is 11.9 Å². The number of para-hydroxylation sites is 2. The molecule has 136 valence electrons. The lowest BCUT2D eigenvalue weighted by atomic mass is 10.2. The topological polar surface area (TPSA) is 62.2 Å². The van der Waals surface area contributed by atoms with Crippen LogP contribution in [0.15, 0.2) is 42.7 Å². The Morgan fingerprint density at radius 2 is 2.04 bits per heavy atom. The lowest BCUT2D eigenvalue weighted by Gasteiger charge is -2.18. The molecule has 0 saturated heterocycles. The van der Waals surface area contributed by atoms with Crippen LogP contribution in [0.5, 0.6) is 0 Å². The molecule has 0 radical (unpaired) electrons. The van der Waals surface area contributed by atoms with Gasteiger partial charge in [0, 0.05) is 18.9 Å². The van der Waals surface area contributed by atoms with Crippen LogP contribution < -0.4 is 10.6 Å². The van der Waals surface area contributed by atoms with Gasteiger partial charge in [0.15, 0.2) is 0 Å². The van der Waals surface area contributed by atoms with Gasteiger partial charge in [0.25, 0.3) is 0 Å². The van der Waals surface area contributed by atoms with Crippen molar-refractivity contribution in [3.05, 3.63) is 42.7 Å². The highest BCUT2D eigenvalue weighted by Crippen LogP contribution is 2.18. The van der Waals surface area contributed by atoms with Crippen LogP contribution in [0.3, 0.4) is 0 Å². The van der Waals surface area contributed by atoms with Crippen LogP contribution in [0.2, 0.25) is 0 Å². The summed E-state index contributed by atoms with van der Waals surface area (Å²) in [6.45, 7) is -0.446. The molecule has 0 atom stereocenters. The molecule has 6 nitrogen and oxygen atoms in total. The fourth-order valence-corrected chi connectivity index (χ4v) is 2.29. The average Bonchev–Trinajstić information content (AvgIpc) is 3.04. The highest BCUT2D eigenvalue weighted by molar-refractivity contribution is 5.91. The molecular formula is C16H20F3N5O. The minimum Gasteiger partial charge on any atom is -0.338 e. The quantitative estimate of drug-likeness (QED) is 0.751. The first-order valence-electron chi connectivity index (χ1n) is 7.74. The van der Waals surface area contributed by atoms with Crippen LogP contribution in [0.4, 0.5) is 23.7 Å². The molecule has 25 heavy (non-hydrogen) atoms.